The maximum atomic E-state index is 12.1. The number of fused-ring (bicyclic) bond motifs is 5. The Morgan fingerprint density at radius 2 is 1.91 bits per heavy atom. The number of carbonyl (C=O) groups excluding carboxylic acids is 2. The average Bonchev–Trinajstić information content (AvgIpc) is 2.85. The maximum absolute atomic E-state index is 12.1. The molecule has 0 aromatic rings. The maximum Gasteiger partial charge on any atom is 0.156 e. The topological polar surface area (TPSA) is 34.1 Å². The van der Waals surface area contributed by atoms with Crippen molar-refractivity contribution in [3.8, 4) is 0 Å². The average molecular weight is 312 g/mol. The van der Waals surface area contributed by atoms with E-state index in [0.717, 1.165) is 12.8 Å². The number of hydrogen-bond donors (Lipinski definition) is 0. The van der Waals surface area contributed by atoms with Crippen molar-refractivity contribution >= 4 is 11.6 Å². The quantitative estimate of drug-likeness (QED) is 0.714. The molecule has 4 rings (SSSR count). The number of ketones is 2. The fraction of sp³-hybridized carbons (Fsp3) is 0.714. The van der Waals surface area contributed by atoms with E-state index in [9.17, 15) is 9.59 Å². The number of Topliss-reactive ketones (excluding diaryl/α,β-unsaturated/α-hetero) is 1. The van der Waals surface area contributed by atoms with Crippen molar-refractivity contribution in [2.75, 3.05) is 0 Å². The van der Waals surface area contributed by atoms with E-state index in [1.54, 1.807) is 6.92 Å². The molecule has 0 heterocycles. The van der Waals surface area contributed by atoms with Gasteiger partial charge in [0.15, 0.2) is 5.78 Å². The smallest absolute Gasteiger partial charge is 0.156 e. The van der Waals surface area contributed by atoms with E-state index >= 15 is 0 Å². The molecule has 2 fully saturated rings. The highest BCUT2D eigenvalue weighted by molar-refractivity contribution is 5.92. The first-order chi connectivity index (χ1) is 10.9. The van der Waals surface area contributed by atoms with Gasteiger partial charge in [-0.15, -0.1) is 0 Å². The third-order valence-electron chi connectivity index (χ3n) is 8.01. The van der Waals surface area contributed by atoms with Crippen LogP contribution in [0.25, 0.3) is 0 Å². The van der Waals surface area contributed by atoms with Gasteiger partial charge in [-0.3, -0.25) is 9.59 Å². The number of rotatable bonds is 1. The highest BCUT2D eigenvalue weighted by Gasteiger charge is 2.58. The second-order valence-corrected chi connectivity index (χ2v) is 8.92. The molecule has 4 aliphatic rings. The lowest BCUT2D eigenvalue weighted by atomic mass is 9.48. The first-order valence-corrected chi connectivity index (χ1v) is 9.30. The summed E-state index contributed by atoms with van der Waals surface area (Å²) in [7, 11) is 0. The van der Waals surface area contributed by atoms with Crippen LogP contribution in [0.4, 0.5) is 0 Å². The Morgan fingerprint density at radius 3 is 2.65 bits per heavy atom. The Balaban J connectivity index is 1.72. The van der Waals surface area contributed by atoms with Crippen LogP contribution in [0.15, 0.2) is 23.8 Å². The highest BCUT2D eigenvalue weighted by atomic mass is 16.1. The summed E-state index contributed by atoms with van der Waals surface area (Å²) in [6.45, 7) is 6.54. The second kappa shape index (κ2) is 4.91. The predicted molar refractivity (Wildman–Crippen MR) is 90.8 cm³/mol. The molecule has 4 aliphatic carbocycles. The van der Waals surface area contributed by atoms with Gasteiger partial charge in [-0.25, -0.2) is 0 Å². The summed E-state index contributed by atoms with van der Waals surface area (Å²) < 4.78 is 0. The van der Waals surface area contributed by atoms with E-state index < -0.39 is 0 Å². The fourth-order valence-electron chi connectivity index (χ4n) is 6.66. The van der Waals surface area contributed by atoms with Crippen molar-refractivity contribution in [1.82, 2.24) is 0 Å². The Bertz CT molecular complexity index is 628. The molecule has 0 saturated heterocycles. The van der Waals surface area contributed by atoms with E-state index in [1.807, 2.05) is 6.08 Å². The molecule has 6 atom stereocenters. The van der Waals surface area contributed by atoms with Crippen LogP contribution < -0.4 is 0 Å². The monoisotopic (exact) mass is 312 g/mol. The Hall–Kier alpha value is -1.18. The Morgan fingerprint density at radius 1 is 1.13 bits per heavy atom. The highest BCUT2D eigenvalue weighted by Crippen LogP contribution is 2.65. The molecule has 2 saturated carbocycles. The Kier molecular flexibility index (Phi) is 3.28. The lowest BCUT2D eigenvalue weighted by Crippen LogP contribution is -2.49. The van der Waals surface area contributed by atoms with Gasteiger partial charge < -0.3 is 0 Å². The number of carbonyl (C=O) groups is 2. The van der Waals surface area contributed by atoms with Crippen LogP contribution in [0, 0.1) is 34.5 Å². The minimum atomic E-state index is 0.170. The van der Waals surface area contributed by atoms with Crippen molar-refractivity contribution in [3.63, 3.8) is 0 Å². The molecule has 0 bridgehead atoms. The zero-order chi connectivity index (χ0) is 16.4. The third kappa shape index (κ3) is 1.99. The molecule has 0 amide bonds. The molecule has 0 N–H and O–H groups in total. The zero-order valence-electron chi connectivity index (χ0n) is 14.6. The summed E-state index contributed by atoms with van der Waals surface area (Å²) in [5, 5.41) is 0. The minimum Gasteiger partial charge on any atom is -0.300 e. The van der Waals surface area contributed by atoms with Crippen LogP contribution in [0.1, 0.15) is 59.3 Å². The molecular weight excluding hydrogens is 284 g/mol. The Labute approximate surface area is 139 Å². The lowest BCUT2D eigenvalue weighted by molar-refractivity contribution is -0.127. The zero-order valence-corrected chi connectivity index (χ0v) is 14.6. The molecule has 0 aromatic heterocycles. The van der Waals surface area contributed by atoms with E-state index in [1.165, 1.54) is 24.8 Å². The first-order valence-electron chi connectivity index (χ1n) is 9.30. The van der Waals surface area contributed by atoms with E-state index in [0.29, 0.717) is 35.7 Å². The van der Waals surface area contributed by atoms with Gasteiger partial charge >= 0.3 is 0 Å². The van der Waals surface area contributed by atoms with Gasteiger partial charge in [0.2, 0.25) is 0 Å². The van der Waals surface area contributed by atoms with Gasteiger partial charge in [0.1, 0.15) is 5.78 Å². The van der Waals surface area contributed by atoms with Crippen molar-refractivity contribution < 1.29 is 9.59 Å². The van der Waals surface area contributed by atoms with Gasteiger partial charge in [0, 0.05) is 12.3 Å². The van der Waals surface area contributed by atoms with Gasteiger partial charge in [-0.05, 0) is 79.3 Å². The molecule has 0 aromatic carbocycles. The van der Waals surface area contributed by atoms with Gasteiger partial charge in [0.25, 0.3) is 0 Å². The van der Waals surface area contributed by atoms with Crippen LogP contribution >= 0.6 is 0 Å². The molecule has 1 unspecified atom stereocenters. The first kappa shape index (κ1) is 15.4. The van der Waals surface area contributed by atoms with Gasteiger partial charge in [-0.2, -0.15) is 0 Å². The summed E-state index contributed by atoms with van der Waals surface area (Å²) in [6.07, 6.45) is 12.9. The molecule has 0 aliphatic heterocycles. The van der Waals surface area contributed by atoms with E-state index in [-0.39, 0.29) is 16.7 Å². The van der Waals surface area contributed by atoms with Crippen LogP contribution in [-0.2, 0) is 9.59 Å². The van der Waals surface area contributed by atoms with Crippen LogP contribution in [0.5, 0.6) is 0 Å². The molecule has 0 spiro atoms. The molecule has 124 valence electrons. The van der Waals surface area contributed by atoms with Gasteiger partial charge in [0.05, 0.1) is 0 Å². The SMILES string of the molecule is CC(=O)[C@H]1CCC2[C@@H]3C=CC4=CC(=O)CC[C@@]4(C)[C@@H]3CC[C@@]21C. The van der Waals surface area contributed by atoms with Crippen molar-refractivity contribution in [2.24, 2.45) is 34.5 Å². The van der Waals surface area contributed by atoms with Crippen LogP contribution in [0.3, 0.4) is 0 Å². The lowest BCUT2D eigenvalue weighted by Gasteiger charge is -2.55. The molecule has 2 heteroatoms. The summed E-state index contributed by atoms with van der Waals surface area (Å²) in [6, 6.07) is 0. The second-order valence-electron chi connectivity index (χ2n) is 8.92. The largest absolute Gasteiger partial charge is 0.300 e. The van der Waals surface area contributed by atoms with E-state index in [2.05, 4.69) is 26.0 Å². The normalized spacial score (nSPS) is 48.3. The van der Waals surface area contributed by atoms with Crippen LogP contribution in [-0.4, -0.2) is 11.6 Å². The number of hydrogen-bond acceptors (Lipinski definition) is 2. The summed E-state index contributed by atoms with van der Waals surface area (Å²) in [5.41, 5.74) is 1.63. The molecule has 0 radical (unpaired) electrons. The fourth-order valence-corrected chi connectivity index (χ4v) is 6.66. The van der Waals surface area contributed by atoms with Crippen molar-refractivity contribution in [2.45, 2.75) is 59.3 Å². The predicted octanol–water partition coefficient (Wildman–Crippen LogP) is 4.50. The van der Waals surface area contributed by atoms with E-state index in [4.69, 9.17) is 0 Å². The van der Waals surface area contributed by atoms with Crippen molar-refractivity contribution in [3.05, 3.63) is 23.8 Å². The summed E-state index contributed by atoms with van der Waals surface area (Å²) in [5.74, 6) is 2.83. The molecule has 23 heavy (non-hydrogen) atoms. The third-order valence-corrected chi connectivity index (χ3v) is 8.01. The minimum absolute atomic E-state index is 0.170. The van der Waals surface area contributed by atoms with Crippen molar-refractivity contribution in [1.29, 1.82) is 0 Å². The number of allylic oxidation sites excluding steroid dienone is 4. The standard InChI is InChI=1S/C21H28O2/c1-13(22)17-6-7-18-16-5-4-14-12-15(23)8-10-20(14,2)19(16)9-11-21(17,18)3/h4-5,12,16-19H,6-11H2,1-3H3/t16-,17+,18?,19+,20+,21+/m0/s1. The molecule has 2 nitrogen and oxygen atoms in total. The van der Waals surface area contributed by atoms with Gasteiger partial charge in [-0.1, -0.05) is 26.0 Å². The van der Waals surface area contributed by atoms with Crippen LogP contribution in [0.2, 0.25) is 0 Å². The molecular formula is C21H28O2. The summed E-state index contributed by atoms with van der Waals surface area (Å²) >= 11 is 0. The summed E-state index contributed by atoms with van der Waals surface area (Å²) in [4.78, 5) is 24.0.